The van der Waals surface area contributed by atoms with Crippen LogP contribution in [0.3, 0.4) is 0 Å². The molecule has 0 aliphatic carbocycles. The van der Waals surface area contributed by atoms with E-state index in [9.17, 15) is 9.59 Å². The number of amides is 2. The first-order valence-corrected chi connectivity index (χ1v) is 12.7. The van der Waals surface area contributed by atoms with Gasteiger partial charge in [-0.1, -0.05) is 78.4 Å². The number of anilines is 2. The summed E-state index contributed by atoms with van der Waals surface area (Å²) in [5.41, 5.74) is 5.30. The van der Waals surface area contributed by atoms with Gasteiger partial charge in [0.1, 0.15) is 18.3 Å². The van der Waals surface area contributed by atoms with Crippen molar-refractivity contribution in [3.05, 3.63) is 125 Å². The Labute approximate surface area is 222 Å². The summed E-state index contributed by atoms with van der Waals surface area (Å²) in [5.74, 6) is -0.539. The number of nitrogens with zero attached hydrogens (tertiary/aromatic N) is 2. The minimum atomic E-state index is -0.901. The number of rotatable bonds is 6. The lowest BCUT2D eigenvalue weighted by atomic mass is 9.90. The van der Waals surface area contributed by atoms with Crippen molar-refractivity contribution >= 4 is 23.2 Å². The molecule has 6 heteroatoms. The number of para-hydroxylation sites is 1. The molecule has 3 atom stereocenters. The highest BCUT2D eigenvalue weighted by Gasteiger charge is 2.60. The van der Waals surface area contributed by atoms with Crippen LogP contribution in [0.25, 0.3) is 0 Å². The molecule has 0 N–H and O–H groups in total. The molecule has 0 spiro atoms. The zero-order chi connectivity index (χ0) is 26.2. The Balaban J connectivity index is 1.32. The number of fused-ring (bicyclic) bond motifs is 1. The lowest BCUT2D eigenvalue weighted by Gasteiger charge is -2.29. The van der Waals surface area contributed by atoms with Crippen LogP contribution in [0.5, 0.6) is 5.75 Å². The van der Waals surface area contributed by atoms with Gasteiger partial charge in [0.05, 0.1) is 17.4 Å². The molecule has 4 aromatic carbocycles. The van der Waals surface area contributed by atoms with Crippen LogP contribution < -0.4 is 14.7 Å². The van der Waals surface area contributed by atoms with Crippen LogP contribution in [-0.2, 0) is 21.0 Å². The number of hydrogen-bond acceptors (Lipinski definition) is 5. The average molecular weight is 505 g/mol. The van der Waals surface area contributed by atoms with Crippen LogP contribution in [0.2, 0.25) is 0 Å². The minimum absolute atomic E-state index is 0.250. The monoisotopic (exact) mass is 504 g/mol. The summed E-state index contributed by atoms with van der Waals surface area (Å²) in [7, 11) is 0. The van der Waals surface area contributed by atoms with E-state index < -0.39 is 18.1 Å². The number of imide groups is 1. The Morgan fingerprint density at radius 1 is 0.789 bits per heavy atom. The smallest absolute Gasteiger partial charge is 0.266 e. The highest BCUT2D eigenvalue weighted by atomic mass is 16.7. The number of aryl methyl sites for hydroxylation is 2. The second-order valence-corrected chi connectivity index (χ2v) is 9.80. The van der Waals surface area contributed by atoms with E-state index in [1.54, 1.807) is 5.06 Å². The van der Waals surface area contributed by atoms with Gasteiger partial charge in [-0.2, -0.15) is 0 Å². The van der Waals surface area contributed by atoms with Crippen molar-refractivity contribution in [2.75, 3.05) is 9.96 Å². The van der Waals surface area contributed by atoms with Gasteiger partial charge >= 0.3 is 0 Å². The molecule has 190 valence electrons. The van der Waals surface area contributed by atoms with E-state index >= 15 is 0 Å². The van der Waals surface area contributed by atoms with Crippen LogP contribution in [0, 0.1) is 19.8 Å². The maximum atomic E-state index is 13.9. The maximum absolute atomic E-state index is 13.9. The highest BCUT2D eigenvalue weighted by Crippen LogP contribution is 2.48. The Hall–Kier alpha value is -4.42. The SMILES string of the molecule is Cc1ccc(N2C(=O)[C@@H]3[C@H](ON(c4ccccc4)[C@@H]3c3ccc(OCc4ccccc4)cc3)C2=O)c(C)c1. The van der Waals surface area contributed by atoms with Crippen molar-refractivity contribution in [1.29, 1.82) is 0 Å². The van der Waals surface area contributed by atoms with Crippen LogP contribution in [0.1, 0.15) is 28.3 Å². The first-order valence-electron chi connectivity index (χ1n) is 12.7. The molecule has 2 heterocycles. The normalized spacial score (nSPS) is 20.6. The largest absolute Gasteiger partial charge is 0.489 e. The highest BCUT2D eigenvalue weighted by molar-refractivity contribution is 6.24. The Morgan fingerprint density at radius 3 is 2.16 bits per heavy atom. The topological polar surface area (TPSA) is 59.1 Å². The molecule has 0 radical (unpaired) electrons. The summed E-state index contributed by atoms with van der Waals surface area (Å²) in [4.78, 5) is 35.1. The molecule has 2 saturated heterocycles. The molecule has 0 aromatic heterocycles. The number of hydroxylamine groups is 1. The fourth-order valence-corrected chi connectivity index (χ4v) is 5.35. The Morgan fingerprint density at radius 2 is 1.47 bits per heavy atom. The number of ether oxygens (including phenoxy) is 1. The van der Waals surface area contributed by atoms with Gasteiger partial charge in [-0.3, -0.25) is 14.4 Å². The number of benzene rings is 4. The van der Waals surface area contributed by atoms with Gasteiger partial charge in [-0.15, -0.1) is 0 Å². The zero-order valence-corrected chi connectivity index (χ0v) is 21.3. The second-order valence-electron chi connectivity index (χ2n) is 9.80. The molecule has 6 rings (SSSR count). The van der Waals surface area contributed by atoms with Gasteiger partial charge in [0.25, 0.3) is 5.91 Å². The standard InChI is InChI=1S/C32H28N2O4/c1-21-13-18-27(22(2)19-21)33-31(35)28-29(34(38-30(28)32(33)36)25-11-7-4-8-12-25)24-14-16-26(17-15-24)37-20-23-9-5-3-6-10-23/h3-19,28-30H,20H2,1-2H3/t28-,29+,30-/m0/s1. The zero-order valence-electron chi connectivity index (χ0n) is 21.3. The van der Waals surface area contributed by atoms with Crippen molar-refractivity contribution in [2.45, 2.75) is 32.6 Å². The van der Waals surface area contributed by atoms with Crippen molar-refractivity contribution < 1.29 is 19.2 Å². The maximum Gasteiger partial charge on any atom is 0.266 e. The fraction of sp³-hybridized carbons (Fsp3) is 0.188. The van der Waals surface area contributed by atoms with E-state index in [1.165, 1.54) is 4.90 Å². The van der Waals surface area contributed by atoms with Gasteiger partial charge in [-0.25, -0.2) is 9.96 Å². The molecule has 2 fully saturated rings. The summed E-state index contributed by atoms with van der Waals surface area (Å²) in [6.07, 6.45) is -0.901. The minimum Gasteiger partial charge on any atom is -0.489 e. The summed E-state index contributed by atoms with van der Waals surface area (Å²) in [5, 5.41) is 1.71. The second kappa shape index (κ2) is 9.80. The fourth-order valence-electron chi connectivity index (χ4n) is 5.35. The van der Waals surface area contributed by atoms with Crippen LogP contribution >= 0.6 is 0 Å². The molecule has 2 aliphatic heterocycles. The Kier molecular flexibility index (Phi) is 6.18. The van der Waals surface area contributed by atoms with Crippen LogP contribution in [0.4, 0.5) is 11.4 Å². The van der Waals surface area contributed by atoms with Gasteiger partial charge in [0, 0.05) is 0 Å². The van der Waals surface area contributed by atoms with Crippen molar-refractivity contribution in [3.63, 3.8) is 0 Å². The molecule has 0 unspecified atom stereocenters. The van der Waals surface area contributed by atoms with Crippen molar-refractivity contribution in [3.8, 4) is 5.75 Å². The predicted molar refractivity (Wildman–Crippen MR) is 146 cm³/mol. The van der Waals surface area contributed by atoms with E-state index in [0.29, 0.717) is 12.3 Å². The van der Waals surface area contributed by atoms with Gasteiger partial charge < -0.3 is 4.74 Å². The van der Waals surface area contributed by atoms with Gasteiger partial charge in [0.2, 0.25) is 5.91 Å². The average Bonchev–Trinajstić information content (AvgIpc) is 3.45. The van der Waals surface area contributed by atoms with Gasteiger partial charge in [-0.05, 0) is 60.9 Å². The summed E-state index contributed by atoms with van der Waals surface area (Å²) in [6, 6.07) is 32.5. The molecule has 2 amide bonds. The lowest BCUT2D eigenvalue weighted by molar-refractivity contribution is -0.126. The van der Waals surface area contributed by atoms with Crippen LogP contribution in [0.15, 0.2) is 103 Å². The number of carbonyl (C=O) groups is 2. The molecular formula is C32H28N2O4. The molecule has 38 heavy (non-hydrogen) atoms. The van der Waals surface area contributed by atoms with Crippen molar-refractivity contribution in [1.82, 2.24) is 0 Å². The van der Waals surface area contributed by atoms with Gasteiger partial charge in [0.15, 0.2) is 6.10 Å². The lowest BCUT2D eigenvalue weighted by Crippen LogP contribution is -2.37. The van der Waals surface area contributed by atoms with Crippen molar-refractivity contribution in [2.24, 2.45) is 5.92 Å². The van der Waals surface area contributed by atoms with E-state index in [1.807, 2.05) is 117 Å². The van der Waals surface area contributed by atoms with E-state index in [0.717, 1.165) is 33.7 Å². The first-order chi connectivity index (χ1) is 18.5. The Bertz CT molecular complexity index is 1470. The molecular weight excluding hydrogens is 476 g/mol. The quantitative estimate of drug-likeness (QED) is 0.305. The summed E-state index contributed by atoms with van der Waals surface area (Å²) >= 11 is 0. The number of hydrogen-bond donors (Lipinski definition) is 0. The molecule has 6 nitrogen and oxygen atoms in total. The summed E-state index contributed by atoms with van der Waals surface area (Å²) < 4.78 is 5.97. The molecule has 0 saturated carbocycles. The number of carbonyl (C=O) groups excluding carboxylic acids is 2. The van der Waals surface area contributed by atoms with E-state index in [2.05, 4.69) is 0 Å². The van der Waals surface area contributed by atoms with E-state index in [-0.39, 0.29) is 11.8 Å². The third-order valence-electron chi connectivity index (χ3n) is 7.19. The molecule has 0 bridgehead atoms. The molecule has 2 aliphatic rings. The third kappa shape index (κ3) is 4.23. The molecule has 4 aromatic rings. The van der Waals surface area contributed by atoms with Crippen LogP contribution in [-0.4, -0.2) is 17.9 Å². The predicted octanol–water partition coefficient (Wildman–Crippen LogP) is 5.93. The summed E-state index contributed by atoms with van der Waals surface area (Å²) in [6.45, 7) is 4.37. The third-order valence-corrected chi connectivity index (χ3v) is 7.19. The first kappa shape index (κ1) is 23.9. The van der Waals surface area contributed by atoms with E-state index in [4.69, 9.17) is 9.57 Å².